The lowest BCUT2D eigenvalue weighted by molar-refractivity contribution is -0.155. The van der Waals surface area contributed by atoms with Gasteiger partial charge in [-0.25, -0.2) is 4.79 Å². The molecular formula is C24H28Br2N2O8S. The number of hydrogen-bond donors (Lipinski definition) is 0. The standard InChI is InChI=1S/C24H28Br2N2O8S/c1-4-33-24(29)16(2)35-27-15-17-12-19(25)23(20(26)13-17)34-18-8-9-21(32-3)22(14-18)37(30,31)36-28-10-6-5-7-11-28/h8-9,12-16H,4-7,10-11H2,1-3H3. The number of oxime groups is 1. The molecule has 1 unspecified atom stereocenters. The van der Waals surface area contributed by atoms with Gasteiger partial charge in [0.05, 0.1) is 28.9 Å². The summed E-state index contributed by atoms with van der Waals surface area (Å²) in [6.07, 6.45) is 3.38. The van der Waals surface area contributed by atoms with Crippen molar-refractivity contribution in [1.29, 1.82) is 0 Å². The number of nitrogens with zero attached hydrogens (tertiary/aromatic N) is 2. The van der Waals surface area contributed by atoms with Crippen LogP contribution in [0.3, 0.4) is 0 Å². The predicted molar refractivity (Wildman–Crippen MR) is 143 cm³/mol. The van der Waals surface area contributed by atoms with Crippen molar-refractivity contribution < 1.29 is 36.5 Å². The maximum absolute atomic E-state index is 13.0. The first-order valence-electron chi connectivity index (χ1n) is 11.5. The summed E-state index contributed by atoms with van der Waals surface area (Å²) in [5.74, 6) is 0.304. The molecule has 2 aromatic carbocycles. The number of carbonyl (C=O) groups is 1. The Labute approximate surface area is 233 Å². The molecule has 2 aromatic rings. The summed E-state index contributed by atoms with van der Waals surface area (Å²) in [5.41, 5.74) is 0.648. The van der Waals surface area contributed by atoms with Gasteiger partial charge in [-0.1, -0.05) is 11.6 Å². The Morgan fingerprint density at radius 2 is 1.81 bits per heavy atom. The molecule has 202 valence electrons. The van der Waals surface area contributed by atoms with Crippen molar-refractivity contribution in [3.8, 4) is 17.2 Å². The summed E-state index contributed by atoms with van der Waals surface area (Å²) in [6.45, 7) is 4.59. The summed E-state index contributed by atoms with van der Waals surface area (Å²) < 4.78 is 48.7. The summed E-state index contributed by atoms with van der Waals surface area (Å²) in [4.78, 5) is 16.6. The molecular weight excluding hydrogens is 636 g/mol. The largest absolute Gasteiger partial charge is 0.495 e. The average Bonchev–Trinajstić information content (AvgIpc) is 2.86. The highest BCUT2D eigenvalue weighted by Gasteiger charge is 2.26. The molecule has 1 aliphatic heterocycles. The molecule has 13 heteroatoms. The topological polar surface area (TPSA) is 113 Å². The van der Waals surface area contributed by atoms with E-state index in [1.807, 2.05) is 0 Å². The molecule has 10 nitrogen and oxygen atoms in total. The number of esters is 1. The van der Waals surface area contributed by atoms with Crippen molar-refractivity contribution in [1.82, 2.24) is 5.06 Å². The first-order valence-corrected chi connectivity index (χ1v) is 14.5. The first-order chi connectivity index (χ1) is 17.6. The second-order valence-corrected chi connectivity index (χ2v) is 11.2. The van der Waals surface area contributed by atoms with Crippen LogP contribution in [0.25, 0.3) is 0 Å². The minimum atomic E-state index is -4.14. The second-order valence-electron chi connectivity index (χ2n) is 7.98. The Kier molecular flexibility index (Phi) is 10.8. The molecule has 3 rings (SSSR count). The van der Waals surface area contributed by atoms with E-state index in [0.29, 0.717) is 33.3 Å². The highest BCUT2D eigenvalue weighted by molar-refractivity contribution is 9.11. The van der Waals surface area contributed by atoms with E-state index in [-0.39, 0.29) is 23.0 Å². The first kappa shape index (κ1) is 29.4. The van der Waals surface area contributed by atoms with Gasteiger partial charge in [-0.2, -0.15) is 17.8 Å². The highest BCUT2D eigenvalue weighted by atomic mass is 79.9. The number of ether oxygens (including phenoxy) is 3. The summed E-state index contributed by atoms with van der Waals surface area (Å²) in [6, 6.07) is 7.91. The van der Waals surface area contributed by atoms with Crippen LogP contribution in [0, 0.1) is 0 Å². The van der Waals surface area contributed by atoms with E-state index in [1.165, 1.54) is 30.5 Å². The summed E-state index contributed by atoms with van der Waals surface area (Å²) in [5, 5.41) is 5.29. The molecule has 1 atom stereocenters. The van der Waals surface area contributed by atoms with Crippen LogP contribution in [0.15, 0.2) is 49.3 Å². The Hall–Kier alpha value is -2.19. The quantitative estimate of drug-likeness (QED) is 0.177. The van der Waals surface area contributed by atoms with Crippen molar-refractivity contribution in [2.24, 2.45) is 5.16 Å². The fraction of sp³-hybridized carbons (Fsp3) is 0.417. The number of piperidine rings is 1. The molecule has 0 bridgehead atoms. The van der Waals surface area contributed by atoms with E-state index in [4.69, 9.17) is 23.3 Å². The fourth-order valence-electron chi connectivity index (χ4n) is 3.39. The minimum Gasteiger partial charge on any atom is -0.495 e. The lowest BCUT2D eigenvalue weighted by Crippen LogP contribution is -2.32. The molecule has 1 heterocycles. The van der Waals surface area contributed by atoms with Crippen LogP contribution in [0.1, 0.15) is 38.7 Å². The molecule has 0 amide bonds. The van der Waals surface area contributed by atoms with Gasteiger partial charge in [0.15, 0.2) is 5.75 Å². The average molecular weight is 664 g/mol. The lowest BCUT2D eigenvalue weighted by atomic mass is 10.2. The monoisotopic (exact) mass is 662 g/mol. The number of rotatable bonds is 11. The molecule has 0 N–H and O–H groups in total. The summed E-state index contributed by atoms with van der Waals surface area (Å²) in [7, 11) is -2.75. The van der Waals surface area contributed by atoms with Gasteiger partial charge in [0.25, 0.3) is 0 Å². The SMILES string of the molecule is CCOC(=O)C(C)ON=Cc1cc(Br)c(Oc2ccc(OC)c(S(=O)(=O)ON3CCCCC3)c2)c(Br)c1. The van der Waals surface area contributed by atoms with Crippen LogP contribution in [-0.2, 0) is 28.8 Å². The third kappa shape index (κ3) is 8.14. The number of benzene rings is 2. The fourth-order valence-corrected chi connectivity index (χ4v) is 5.94. The Balaban J connectivity index is 1.78. The zero-order valence-electron chi connectivity index (χ0n) is 20.6. The molecule has 0 radical (unpaired) electrons. The third-order valence-corrected chi connectivity index (χ3v) is 7.65. The van der Waals surface area contributed by atoms with Crippen molar-refractivity contribution in [3.63, 3.8) is 0 Å². The molecule has 0 saturated carbocycles. The number of halogens is 2. The molecule has 0 aliphatic carbocycles. The molecule has 1 saturated heterocycles. The van der Waals surface area contributed by atoms with Gasteiger partial charge in [-0.05, 0) is 88.4 Å². The van der Waals surface area contributed by atoms with E-state index < -0.39 is 22.2 Å². The predicted octanol–water partition coefficient (Wildman–Crippen LogP) is 5.42. The van der Waals surface area contributed by atoms with E-state index in [0.717, 1.165) is 19.3 Å². The van der Waals surface area contributed by atoms with Crippen LogP contribution in [0.4, 0.5) is 0 Å². The molecule has 1 fully saturated rings. The molecule has 37 heavy (non-hydrogen) atoms. The van der Waals surface area contributed by atoms with Gasteiger partial charge in [0, 0.05) is 19.2 Å². The van der Waals surface area contributed by atoms with Crippen LogP contribution >= 0.6 is 31.9 Å². The van der Waals surface area contributed by atoms with Crippen LogP contribution in [-0.4, -0.2) is 58.6 Å². The van der Waals surface area contributed by atoms with E-state index in [2.05, 4.69) is 37.0 Å². The maximum Gasteiger partial charge on any atom is 0.349 e. The zero-order chi connectivity index (χ0) is 27.0. The van der Waals surface area contributed by atoms with Crippen molar-refractivity contribution in [2.45, 2.75) is 44.1 Å². The maximum atomic E-state index is 13.0. The highest BCUT2D eigenvalue weighted by Crippen LogP contribution is 2.39. The normalized spacial score (nSPS) is 15.4. The number of methoxy groups -OCH3 is 1. The zero-order valence-corrected chi connectivity index (χ0v) is 24.6. The smallest absolute Gasteiger partial charge is 0.349 e. The van der Waals surface area contributed by atoms with E-state index in [1.54, 1.807) is 32.0 Å². The molecule has 0 aromatic heterocycles. The van der Waals surface area contributed by atoms with Gasteiger partial charge in [-0.15, -0.1) is 0 Å². The van der Waals surface area contributed by atoms with E-state index >= 15 is 0 Å². The van der Waals surface area contributed by atoms with Crippen molar-refractivity contribution in [2.75, 3.05) is 26.8 Å². The van der Waals surface area contributed by atoms with E-state index in [9.17, 15) is 13.2 Å². The van der Waals surface area contributed by atoms with Crippen LogP contribution in [0.2, 0.25) is 0 Å². The Morgan fingerprint density at radius 1 is 1.14 bits per heavy atom. The van der Waals surface area contributed by atoms with Crippen molar-refractivity contribution >= 4 is 54.2 Å². The van der Waals surface area contributed by atoms with Gasteiger partial charge in [-0.3, -0.25) is 0 Å². The number of hydrogen-bond acceptors (Lipinski definition) is 10. The van der Waals surface area contributed by atoms with Crippen LogP contribution < -0.4 is 9.47 Å². The van der Waals surface area contributed by atoms with Crippen molar-refractivity contribution in [3.05, 3.63) is 44.8 Å². The number of hydroxylamine groups is 2. The Morgan fingerprint density at radius 3 is 2.43 bits per heavy atom. The lowest BCUT2D eigenvalue weighted by Gasteiger charge is -2.25. The van der Waals surface area contributed by atoms with Gasteiger partial charge >= 0.3 is 16.1 Å². The van der Waals surface area contributed by atoms with Crippen LogP contribution in [0.5, 0.6) is 17.2 Å². The minimum absolute atomic E-state index is 0.137. The molecule has 1 aliphatic rings. The van der Waals surface area contributed by atoms with Gasteiger partial charge in [0.1, 0.15) is 16.4 Å². The van der Waals surface area contributed by atoms with Gasteiger partial charge < -0.3 is 19.0 Å². The van der Waals surface area contributed by atoms with Gasteiger partial charge in [0.2, 0.25) is 6.10 Å². The second kappa shape index (κ2) is 13.6. The Bertz CT molecular complexity index is 1210. The summed E-state index contributed by atoms with van der Waals surface area (Å²) >= 11 is 6.93. The number of carbonyl (C=O) groups excluding carboxylic acids is 1. The molecule has 0 spiro atoms. The third-order valence-electron chi connectivity index (χ3n) is 5.20.